The first-order chi connectivity index (χ1) is 15.4. The Balaban J connectivity index is 1.64. The van der Waals surface area contributed by atoms with Gasteiger partial charge in [0.1, 0.15) is 5.82 Å². The minimum absolute atomic E-state index is 0.153. The number of hydrogen-bond donors (Lipinski definition) is 0. The second kappa shape index (κ2) is 7.58. The number of rotatable bonds is 4. The van der Waals surface area contributed by atoms with Crippen LogP contribution in [0.5, 0.6) is 0 Å². The molecule has 0 aromatic heterocycles. The highest BCUT2D eigenvalue weighted by atomic mass is 19.1. The second-order valence-corrected chi connectivity index (χ2v) is 9.74. The predicted octanol–water partition coefficient (Wildman–Crippen LogP) is 7.06. The summed E-state index contributed by atoms with van der Waals surface area (Å²) in [7, 11) is 0. The molecule has 2 nitrogen and oxygen atoms in total. The van der Waals surface area contributed by atoms with Gasteiger partial charge in [-0.2, -0.15) is 0 Å². The lowest BCUT2D eigenvalue weighted by Crippen LogP contribution is -2.34. The first-order valence-electron chi connectivity index (χ1n) is 11.7. The van der Waals surface area contributed by atoms with E-state index in [0.29, 0.717) is 0 Å². The molecule has 0 N–H and O–H groups in total. The number of anilines is 1. The molecule has 5 rings (SSSR count). The van der Waals surface area contributed by atoms with Crippen LogP contribution in [0.4, 0.5) is 10.1 Å². The molecule has 0 saturated heterocycles. The number of likely N-dealkylation sites (N-methyl/N-ethyl adjacent to an activating group) is 1. The van der Waals surface area contributed by atoms with Crippen molar-refractivity contribution >= 4 is 22.2 Å². The van der Waals surface area contributed by atoms with E-state index in [1.807, 2.05) is 6.08 Å². The number of carbonyl (C=O) groups is 1. The fraction of sp³-hybridized carbons (Fsp3) is 0.345. The SMILES string of the molecule is CCN1/C(=C/C(=O)C2(c3ccc(F)cc3)CCCC2)C(C)(C)c2c1ccc1ccccc21. The molecule has 1 aliphatic carbocycles. The van der Waals surface area contributed by atoms with Crippen molar-refractivity contribution in [2.24, 2.45) is 0 Å². The summed E-state index contributed by atoms with van der Waals surface area (Å²) < 4.78 is 13.6. The number of hydrogen-bond acceptors (Lipinski definition) is 2. The molecule has 0 spiro atoms. The fourth-order valence-corrected chi connectivity index (χ4v) is 6.02. The third kappa shape index (κ3) is 3.02. The van der Waals surface area contributed by atoms with Crippen LogP contribution < -0.4 is 4.90 Å². The van der Waals surface area contributed by atoms with Crippen molar-refractivity contribution in [3.05, 3.63) is 89.4 Å². The van der Waals surface area contributed by atoms with Crippen LogP contribution in [0.15, 0.2) is 72.4 Å². The highest BCUT2D eigenvalue weighted by Gasteiger charge is 2.45. The number of allylic oxidation sites excluding steroid dienone is 2. The molecule has 0 amide bonds. The van der Waals surface area contributed by atoms with Crippen LogP contribution in [-0.4, -0.2) is 12.3 Å². The van der Waals surface area contributed by atoms with Crippen molar-refractivity contribution in [2.45, 2.75) is 57.3 Å². The number of benzene rings is 3. The van der Waals surface area contributed by atoms with Crippen LogP contribution in [0.3, 0.4) is 0 Å². The van der Waals surface area contributed by atoms with Gasteiger partial charge in [0, 0.05) is 29.4 Å². The number of ketones is 1. The van der Waals surface area contributed by atoms with Gasteiger partial charge in [0.25, 0.3) is 0 Å². The largest absolute Gasteiger partial charge is 0.344 e. The van der Waals surface area contributed by atoms with E-state index in [0.717, 1.165) is 43.5 Å². The summed E-state index contributed by atoms with van der Waals surface area (Å²) in [5.74, 6) is -0.107. The average Bonchev–Trinajstić information content (AvgIpc) is 3.37. The molecule has 1 fully saturated rings. The minimum atomic E-state index is -0.549. The van der Waals surface area contributed by atoms with E-state index in [1.165, 1.54) is 34.2 Å². The Bertz CT molecular complexity index is 1220. The van der Waals surface area contributed by atoms with Crippen LogP contribution in [0.2, 0.25) is 0 Å². The number of halogens is 1. The van der Waals surface area contributed by atoms with E-state index in [1.54, 1.807) is 12.1 Å². The molecule has 0 unspecified atom stereocenters. The third-order valence-electron chi connectivity index (χ3n) is 7.66. The molecule has 3 aromatic rings. The molecule has 32 heavy (non-hydrogen) atoms. The maximum absolute atomic E-state index is 14.0. The topological polar surface area (TPSA) is 20.3 Å². The first kappa shape index (κ1) is 20.9. The van der Waals surface area contributed by atoms with Crippen LogP contribution in [0, 0.1) is 5.82 Å². The molecule has 0 atom stereocenters. The van der Waals surface area contributed by atoms with Crippen molar-refractivity contribution in [1.29, 1.82) is 0 Å². The summed E-state index contributed by atoms with van der Waals surface area (Å²) in [5.41, 5.74) is 3.65. The summed E-state index contributed by atoms with van der Waals surface area (Å²) in [6.45, 7) is 7.40. The highest BCUT2D eigenvalue weighted by Crippen LogP contribution is 2.51. The quantitative estimate of drug-likeness (QED) is 0.415. The zero-order valence-corrected chi connectivity index (χ0v) is 19.1. The van der Waals surface area contributed by atoms with E-state index in [9.17, 15) is 9.18 Å². The van der Waals surface area contributed by atoms with Gasteiger partial charge in [-0.05, 0) is 59.9 Å². The van der Waals surface area contributed by atoms with Crippen LogP contribution >= 0.6 is 0 Å². The molecule has 0 bridgehead atoms. The molecule has 3 heteroatoms. The molecule has 3 aromatic carbocycles. The maximum Gasteiger partial charge on any atom is 0.167 e. The zero-order valence-electron chi connectivity index (χ0n) is 19.1. The Hall–Kier alpha value is -2.94. The van der Waals surface area contributed by atoms with Crippen molar-refractivity contribution in [1.82, 2.24) is 0 Å². The van der Waals surface area contributed by atoms with Gasteiger partial charge >= 0.3 is 0 Å². The molecule has 164 valence electrons. The summed E-state index contributed by atoms with van der Waals surface area (Å²) in [6.07, 6.45) is 5.61. The molecular formula is C29H30FNO. The summed E-state index contributed by atoms with van der Waals surface area (Å²) in [4.78, 5) is 16.3. The average molecular weight is 428 g/mol. The van der Waals surface area contributed by atoms with Crippen LogP contribution in [0.1, 0.15) is 57.6 Å². The molecule has 0 radical (unpaired) electrons. The normalized spacial score (nSPS) is 20.1. The van der Waals surface area contributed by atoms with Crippen LogP contribution in [-0.2, 0) is 15.6 Å². The number of fused-ring (bicyclic) bond motifs is 3. The van der Waals surface area contributed by atoms with Gasteiger partial charge < -0.3 is 4.90 Å². The van der Waals surface area contributed by atoms with Gasteiger partial charge in [0.2, 0.25) is 0 Å². The van der Waals surface area contributed by atoms with Crippen molar-refractivity contribution < 1.29 is 9.18 Å². The van der Waals surface area contributed by atoms with Crippen LogP contribution in [0.25, 0.3) is 10.8 Å². The van der Waals surface area contributed by atoms with Gasteiger partial charge in [-0.25, -0.2) is 4.39 Å². The maximum atomic E-state index is 14.0. The molecule has 1 aliphatic heterocycles. The standard InChI is InChI=1S/C29H30FNO/c1-4-31-24-16-11-20-9-5-6-10-23(20)27(24)28(2,3)25(31)19-26(32)29(17-7-8-18-29)21-12-14-22(30)15-13-21/h5-6,9-16,19H,4,7-8,17-18H2,1-3H3/b25-19+. The van der Waals surface area contributed by atoms with Gasteiger partial charge in [-0.1, -0.05) is 69.2 Å². The molecular weight excluding hydrogens is 397 g/mol. The number of carbonyl (C=O) groups excluding carboxylic acids is 1. The Morgan fingerprint density at radius 2 is 1.69 bits per heavy atom. The number of nitrogens with zero attached hydrogens (tertiary/aromatic N) is 1. The third-order valence-corrected chi connectivity index (χ3v) is 7.66. The smallest absolute Gasteiger partial charge is 0.167 e. The van der Waals surface area contributed by atoms with Gasteiger partial charge in [0.15, 0.2) is 5.78 Å². The van der Waals surface area contributed by atoms with E-state index in [4.69, 9.17) is 0 Å². The van der Waals surface area contributed by atoms with Gasteiger partial charge in [0.05, 0.1) is 5.41 Å². The van der Waals surface area contributed by atoms with E-state index >= 15 is 0 Å². The van der Waals surface area contributed by atoms with Gasteiger partial charge in [-0.3, -0.25) is 4.79 Å². The fourth-order valence-electron chi connectivity index (χ4n) is 6.02. The van der Waals surface area contributed by atoms with Crippen molar-refractivity contribution in [3.8, 4) is 0 Å². The first-order valence-corrected chi connectivity index (χ1v) is 11.7. The van der Waals surface area contributed by atoms with E-state index in [2.05, 4.69) is 62.1 Å². The highest BCUT2D eigenvalue weighted by molar-refractivity contribution is 6.02. The Kier molecular flexibility index (Phi) is 4.96. The lowest BCUT2D eigenvalue weighted by molar-refractivity contribution is -0.119. The van der Waals surface area contributed by atoms with Crippen molar-refractivity contribution in [3.63, 3.8) is 0 Å². The minimum Gasteiger partial charge on any atom is -0.344 e. The summed E-state index contributed by atoms with van der Waals surface area (Å²) >= 11 is 0. The molecule has 1 saturated carbocycles. The molecule has 2 aliphatic rings. The van der Waals surface area contributed by atoms with Gasteiger partial charge in [-0.15, -0.1) is 0 Å². The lowest BCUT2D eigenvalue weighted by atomic mass is 9.73. The molecule has 1 heterocycles. The van der Waals surface area contributed by atoms with E-state index < -0.39 is 5.41 Å². The Morgan fingerprint density at radius 3 is 2.38 bits per heavy atom. The summed E-state index contributed by atoms with van der Waals surface area (Å²) in [6, 6.07) is 19.4. The van der Waals surface area contributed by atoms with E-state index in [-0.39, 0.29) is 17.0 Å². The summed E-state index contributed by atoms with van der Waals surface area (Å²) in [5, 5.41) is 2.47. The predicted molar refractivity (Wildman–Crippen MR) is 130 cm³/mol. The second-order valence-electron chi connectivity index (χ2n) is 9.74. The Labute approximate surface area is 189 Å². The Morgan fingerprint density at radius 1 is 1.00 bits per heavy atom. The zero-order chi connectivity index (χ0) is 22.5. The monoisotopic (exact) mass is 427 g/mol. The lowest BCUT2D eigenvalue weighted by Gasteiger charge is -2.30. The van der Waals surface area contributed by atoms with Crippen molar-refractivity contribution in [2.75, 3.05) is 11.4 Å².